The van der Waals surface area contributed by atoms with Gasteiger partial charge in [-0.05, 0) is 37.0 Å². The molecule has 18 heavy (non-hydrogen) atoms. The topological polar surface area (TPSA) is 57.2 Å². The molecule has 3 nitrogen and oxygen atoms in total. The van der Waals surface area contributed by atoms with Crippen LogP contribution < -0.4 is 0 Å². The third-order valence-electron chi connectivity index (χ3n) is 3.44. The van der Waals surface area contributed by atoms with E-state index < -0.39 is 6.10 Å². The first kappa shape index (κ1) is 12.9. The van der Waals surface area contributed by atoms with Gasteiger partial charge in [0.15, 0.2) is 0 Å². The number of hydrogen-bond donors (Lipinski definition) is 1. The molecule has 1 atom stereocenters. The number of furan rings is 1. The van der Waals surface area contributed by atoms with E-state index >= 15 is 0 Å². The molecule has 1 fully saturated rings. The highest BCUT2D eigenvalue weighted by Gasteiger charge is 2.12. The van der Waals surface area contributed by atoms with Crippen LogP contribution in [0.3, 0.4) is 0 Å². The van der Waals surface area contributed by atoms with Gasteiger partial charge in [0, 0.05) is 0 Å². The van der Waals surface area contributed by atoms with Crippen molar-refractivity contribution in [3.8, 4) is 6.07 Å². The maximum atomic E-state index is 9.61. The van der Waals surface area contributed by atoms with E-state index in [4.69, 9.17) is 9.68 Å². The minimum atomic E-state index is -0.813. The van der Waals surface area contributed by atoms with E-state index in [-0.39, 0.29) is 6.42 Å². The van der Waals surface area contributed by atoms with E-state index in [1.165, 1.54) is 32.1 Å². The molecule has 0 aromatic carbocycles. The first-order valence-corrected chi connectivity index (χ1v) is 6.62. The SMILES string of the molecule is N#CCC(O)c1ccc(/C=C/C2CCCCC2)o1. The van der Waals surface area contributed by atoms with Crippen LogP contribution in [0.5, 0.6) is 0 Å². The van der Waals surface area contributed by atoms with Crippen LogP contribution >= 0.6 is 0 Å². The van der Waals surface area contributed by atoms with Crippen LogP contribution in [-0.4, -0.2) is 5.11 Å². The zero-order chi connectivity index (χ0) is 12.8. The highest BCUT2D eigenvalue weighted by Crippen LogP contribution is 2.26. The Kier molecular flexibility index (Phi) is 4.60. The quantitative estimate of drug-likeness (QED) is 0.877. The average molecular weight is 245 g/mol. The van der Waals surface area contributed by atoms with Gasteiger partial charge in [-0.3, -0.25) is 0 Å². The van der Waals surface area contributed by atoms with Crippen LogP contribution in [-0.2, 0) is 0 Å². The van der Waals surface area contributed by atoms with E-state index in [1.54, 1.807) is 6.07 Å². The van der Waals surface area contributed by atoms with Gasteiger partial charge in [-0.25, -0.2) is 0 Å². The predicted molar refractivity (Wildman–Crippen MR) is 69.5 cm³/mol. The number of allylic oxidation sites excluding steroid dienone is 1. The zero-order valence-electron chi connectivity index (χ0n) is 10.5. The smallest absolute Gasteiger partial charge is 0.134 e. The third kappa shape index (κ3) is 3.48. The molecule has 1 unspecified atom stereocenters. The maximum absolute atomic E-state index is 9.61. The summed E-state index contributed by atoms with van der Waals surface area (Å²) < 4.78 is 5.50. The highest BCUT2D eigenvalue weighted by atomic mass is 16.4. The number of nitrogens with zero attached hydrogens (tertiary/aromatic N) is 1. The maximum Gasteiger partial charge on any atom is 0.134 e. The van der Waals surface area contributed by atoms with Crippen molar-refractivity contribution >= 4 is 6.08 Å². The first-order valence-electron chi connectivity index (χ1n) is 6.62. The third-order valence-corrected chi connectivity index (χ3v) is 3.44. The van der Waals surface area contributed by atoms with Crippen LogP contribution in [0.15, 0.2) is 22.6 Å². The lowest BCUT2D eigenvalue weighted by molar-refractivity contribution is 0.154. The molecule has 1 aromatic heterocycles. The van der Waals surface area contributed by atoms with Crippen molar-refractivity contribution < 1.29 is 9.52 Å². The molecule has 1 N–H and O–H groups in total. The van der Waals surface area contributed by atoms with Gasteiger partial charge in [0.05, 0.1) is 12.5 Å². The van der Waals surface area contributed by atoms with Gasteiger partial charge in [0.2, 0.25) is 0 Å². The summed E-state index contributed by atoms with van der Waals surface area (Å²) in [5, 5.41) is 18.1. The van der Waals surface area contributed by atoms with E-state index in [0.29, 0.717) is 11.7 Å². The Hall–Kier alpha value is -1.53. The van der Waals surface area contributed by atoms with Gasteiger partial charge in [0.25, 0.3) is 0 Å². The largest absolute Gasteiger partial charge is 0.459 e. The predicted octanol–water partition coefficient (Wildman–Crippen LogP) is 3.82. The van der Waals surface area contributed by atoms with Crippen LogP contribution in [0.4, 0.5) is 0 Å². The Bertz CT molecular complexity index is 436. The van der Waals surface area contributed by atoms with Gasteiger partial charge < -0.3 is 9.52 Å². The summed E-state index contributed by atoms with van der Waals surface area (Å²) in [7, 11) is 0. The van der Waals surface area contributed by atoms with Gasteiger partial charge in [-0.1, -0.05) is 25.3 Å². The molecular formula is C15H19NO2. The van der Waals surface area contributed by atoms with Crippen LogP contribution in [0.2, 0.25) is 0 Å². The molecule has 3 heteroatoms. The fourth-order valence-corrected chi connectivity index (χ4v) is 2.38. The van der Waals surface area contributed by atoms with Gasteiger partial charge in [0.1, 0.15) is 17.6 Å². The molecule has 1 aromatic rings. The summed E-state index contributed by atoms with van der Waals surface area (Å²) in [5.74, 6) is 1.89. The molecule has 1 saturated carbocycles. The summed E-state index contributed by atoms with van der Waals surface area (Å²) in [6.07, 6.45) is 9.97. The summed E-state index contributed by atoms with van der Waals surface area (Å²) in [6.45, 7) is 0. The monoisotopic (exact) mass is 245 g/mol. The van der Waals surface area contributed by atoms with Crippen molar-refractivity contribution in [1.82, 2.24) is 0 Å². The second-order valence-electron chi connectivity index (χ2n) is 4.88. The van der Waals surface area contributed by atoms with E-state index in [9.17, 15) is 5.11 Å². The van der Waals surface area contributed by atoms with Crippen molar-refractivity contribution in [2.24, 2.45) is 5.92 Å². The van der Waals surface area contributed by atoms with Gasteiger partial charge >= 0.3 is 0 Å². The normalized spacial score (nSPS) is 18.9. The van der Waals surface area contributed by atoms with Gasteiger partial charge in [-0.15, -0.1) is 0 Å². The van der Waals surface area contributed by atoms with E-state index in [0.717, 1.165) is 5.76 Å². The Morgan fingerprint density at radius 2 is 2.17 bits per heavy atom. The summed E-state index contributed by atoms with van der Waals surface area (Å²) >= 11 is 0. The standard InChI is InChI=1S/C15H19NO2/c16-11-10-14(17)15-9-8-13(18-15)7-6-12-4-2-1-3-5-12/h6-9,12,14,17H,1-5,10H2/b7-6+. The molecule has 0 radical (unpaired) electrons. The first-order chi connectivity index (χ1) is 8.79. The van der Waals surface area contributed by atoms with Crippen LogP contribution in [0.25, 0.3) is 6.08 Å². The average Bonchev–Trinajstić information content (AvgIpc) is 2.87. The summed E-state index contributed by atoms with van der Waals surface area (Å²) in [5.41, 5.74) is 0. The molecule has 2 rings (SSSR count). The van der Waals surface area contributed by atoms with Crippen molar-refractivity contribution in [2.45, 2.75) is 44.6 Å². The molecular weight excluding hydrogens is 226 g/mol. The minimum absolute atomic E-state index is 0.0687. The zero-order valence-corrected chi connectivity index (χ0v) is 10.5. The molecule has 0 aliphatic heterocycles. The second-order valence-corrected chi connectivity index (χ2v) is 4.88. The lowest BCUT2D eigenvalue weighted by atomic mass is 9.89. The Labute approximate surface area is 108 Å². The number of aliphatic hydroxyl groups excluding tert-OH is 1. The van der Waals surface area contributed by atoms with Crippen molar-refractivity contribution in [3.63, 3.8) is 0 Å². The Morgan fingerprint density at radius 3 is 2.89 bits per heavy atom. The molecule has 1 aliphatic rings. The number of rotatable bonds is 4. The van der Waals surface area contributed by atoms with E-state index in [1.807, 2.05) is 18.2 Å². The van der Waals surface area contributed by atoms with Crippen molar-refractivity contribution in [2.75, 3.05) is 0 Å². The van der Waals surface area contributed by atoms with E-state index in [2.05, 4.69) is 6.08 Å². The summed E-state index contributed by atoms with van der Waals surface area (Å²) in [4.78, 5) is 0. The van der Waals surface area contributed by atoms with Gasteiger partial charge in [-0.2, -0.15) is 5.26 Å². The number of nitriles is 1. The lowest BCUT2D eigenvalue weighted by Crippen LogP contribution is -2.02. The van der Waals surface area contributed by atoms with Crippen LogP contribution in [0.1, 0.15) is 56.1 Å². The lowest BCUT2D eigenvalue weighted by Gasteiger charge is -2.17. The highest BCUT2D eigenvalue weighted by molar-refractivity contribution is 5.43. The molecule has 0 bridgehead atoms. The molecule has 0 amide bonds. The van der Waals surface area contributed by atoms with Crippen LogP contribution in [0, 0.1) is 17.2 Å². The molecule has 0 spiro atoms. The summed E-state index contributed by atoms with van der Waals surface area (Å²) in [6, 6.07) is 5.51. The Morgan fingerprint density at radius 1 is 1.39 bits per heavy atom. The van der Waals surface area contributed by atoms with Crippen molar-refractivity contribution in [1.29, 1.82) is 5.26 Å². The minimum Gasteiger partial charge on any atom is -0.459 e. The second kappa shape index (κ2) is 6.42. The number of aliphatic hydroxyl groups is 1. The molecule has 1 heterocycles. The Balaban J connectivity index is 1.93. The number of hydrogen-bond acceptors (Lipinski definition) is 3. The molecule has 0 saturated heterocycles. The van der Waals surface area contributed by atoms with Crippen molar-refractivity contribution in [3.05, 3.63) is 29.7 Å². The molecule has 1 aliphatic carbocycles. The fraction of sp³-hybridized carbons (Fsp3) is 0.533. The molecule has 96 valence electrons. The fourth-order valence-electron chi connectivity index (χ4n) is 2.38.